The van der Waals surface area contributed by atoms with Gasteiger partial charge in [-0.15, -0.1) is 0 Å². The lowest BCUT2D eigenvalue weighted by molar-refractivity contribution is -0.192. The molecule has 0 bridgehead atoms. The van der Waals surface area contributed by atoms with Crippen LogP contribution in [-0.2, 0) is 14.2 Å². The van der Waals surface area contributed by atoms with Crippen LogP contribution in [0.1, 0.15) is 413 Å². The minimum absolute atomic E-state index is 0.133. The zero-order valence-electron chi connectivity index (χ0n) is 51.2. The van der Waals surface area contributed by atoms with Crippen molar-refractivity contribution in [3.05, 3.63) is 0 Å². The molecule has 0 N–H and O–H groups in total. The molecule has 2 fully saturated rings. The predicted molar refractivity (Wildman–Crippen MR) is 326 cm³/mol. The van der Waals surface area contributed by atoms with Crippen LogP contribution in [0.3, 0.4) is 0 Å². The Morgan fingerprint density at radius 1 is 0.219 bits per heavy atom. The van der Waals surface area contributed by atoms with Crippen molar-refractivity contribution >= 4 is 0 Å². The van der Waals surface area contributed by atoms with Gasteiger partial charge < -0.3 is 14.2 Å². The molecule has 2 heterocycles. The van der Waals surface area contributed by atoms with Gasteiger partial charge in [-0.25, -0.2) is 0 Å². The summed E-state index contributed by atoms with van der Waals surface area (Å²) in [7, 11) is 0. The molecule has 0 aliphatic carbocycles. The Hall–Kier alpha value is -0.120. The normalized spacial score (nSPS) is 15.8. The summed E-state index contributed by atoms with van der Waals surface area (Å²) in [5.74, 6) is 0. The average Bonchev–Trinajstić information content (AvgIpc) is 4.34. The minimum Gasteiger partial charge on any atom is -0.370 e. The fourth-order valence-electron chi connectivity index (χ4n) is 12.8. The maximum Gasteiger partial charge on any atom is 0.110 e. The largest absolute Gasteiger partial charge is 0.370 e. The number of hydrogen-bond acceptors (Lipinski definition) is 3. The Labute approximate surface area is 461 Å². The van der Waals surface area contributed by atoms with Crippen LogP contribution in [0.15, 0.2) is 0 Å². The second-order valence-electron chi connectivity index (χ2n) is 25.3. The fraction of sp³-hybridized carbons (Fsp3) is 1.00. The van der Waals surface area contributed by atoms with E-state index < -0.39 is 0 Å². The van der Waals surface area contributed by atoms with Gasteiger partial charge >= 0.3 is 0 Å². The van der Waals surface area contributed by atoms with E-state index in [9.17, 15) is 0 Å². The van der Waals surface area contributed by atoms with Gasteiger partial charge in [0.1, 0.15) is 12.2 Å². The number of unbranched alkanes of at least 4 members (excludes halogenated alkanes) is 52. The molecule has 2 saturated heterocycles. The third-order valence-corrected chi connectivity index (χ3v) is 18.1. The Morgan fingerprint density at radius 3 is 0.466 bits per heavy atom. The van der Waals surface area contributed by atoms with Gasteiger partial charge in [-0.1, -0.05) is 387 Å². The predicted octanol–water partition coefficient (Wildman–Crippen LogP) is 24.8. The number of epoxide rings is 2. The van der Waals surface area contributed by atoms with Crippen molar-refractivity contribution in [2.24, 2.45) is 0 Å². The number of rotatable bonds is 64. The maximum atomic E-state index is 8.08. The molecule has 0 amide bonds. The van der Waals surface area contributed by atoms with Crippen molar-refractivity contribution in [2.45, 2.75) is 436 Å². The minimum atomic E-state index is -0.133. The van der Waals surface area contributed by atoms with Gasteiger partial charge in [0.2, 0.25) is 0 Å². The second kappa shape index (κ2) is 52.6. The number of ether oxygens (including phenoxy) is 3. The third kappa shape index (κ3) is 41.6. The molecule has 0 spiro atoms. The molecule has 3 nitrogen and oxygen atoms in total. The van der Waals surface area contributed by atoms with Gasteiger partial charge in [0, 0.05) is 0 Å². The van der Waals surface area contributed by atoms with Crippen molar-refractivity contribution in [1.82, 2.24) is 0 Å². The van der Waals surface area contributed by atoms with Gasteiger partial charge in [0.05, 0.1) is 24.4 Å². The smallest absolute Gasteiger partial charge is 0.110 e. The first-order valence-electron chi connectivity index (χ1n) is 35.1. The highest BCUT2D eigenvalue weighted by atomic mass is 16.6. The molecule has 0 radical (unpaired) electrons. The van der Waals surface area contributed by atoms with Gasteiger partial charge in [-0.05, 0) is 25.7 Å². The Kier molecular flexibility index (Phi) is 49.7. The van der Waals surface area contributed by atoms with E-state index >= 15 is 0 Å². The molecule has 2 aliphatic heterocycles. The first-order chi connectivity index (χ1) is 36.2. The monoisotopic (exact) mass is 1030 g/mol. The van der Waals surface area contributed by atoms with E-state index in [1.54, 1.807) is 0 Å². The lowest BCUT2D eigenvalue weighted by Gasteiger charge is -2.44. The summed E-state index contributed by atoms with van der Waals surface area (Å²) in [6, 6.07) is 0. The van der Waals surface area contributed by atoms with Crippen LogP contribution in [-0.4, -0.2) is 36.6 Å². The van der Waals surface area contributed by atoms with Crippen LogP contribution in [0.2, 0.25) is 0 Å². The van der Waals surface area contributed by atoms with Crippen LogP contribution >= 0.6 is 0 Å². The quantitative estimate of drug-likeness (QED) is 0.0450. The van der Waals surface area contributed by atoms with Crippen molar-refractivity contribution in [2.75, 3.05) is 13.2 Å². The molecule has 0 aromatic rings. The molecule has 0 aromatic heterocycles. The summed E-state index contributed by atoms with van der Waals surface area (Å²) in [5, 5.41) is 0. The zero-order chi connectivity index (χ0) is 52.1. The van der Waals surface area contributed by atoms with Crippen molar-refractivity contribution in [1.29, 1.82) is 0 Å². The summed E-state index contributed by atoms with van der Waals surface area (Å²) in [6.07, 6.45) is 84.8. The highest BCUT2D eigenvalue weighted by Crippen LogP contribution is 2.47. The third-order valence-electron chi connectivity index (χ3n) is 18.1. The molecule has 2 atom stereocenters. The zero-order valence-corrected chi connectivity index (χ0v) is 51.2. The summed E-state index contributed by atoms with van der Waals surface area (Å²) < 4.78 is 21.0. The average molecular weight is 1030 g/mol. The molecule has 2 aliphatic rings. The van der Waals surface area contributed by atoms with Gasteiger partial charge in [0.15, 0.2) is 0 Å². The molecule has 0 aromatic carbocycles. The molecular weight excluding hydrogens is 889 g/mol. The summed E-state index contributed by atoms with van der Waals surface area (Å²) in [5.41, 5.74) is -0.265. The molecule has 2 rings (SSSR count). The molecule has 0 saturated carbocycles. The van der Waals surface area contributed by atoms with Crippen molar-refractivity contribution in [3.8, 4) is 0 Å². The molecule has 436 valence electrons. The van der Waals surface area contributed by atoms with Crippen LogP contribution in [0, 0.1) is 0 Å². The highest BCUT2D eigenvalue weighted by Gasteiger charge is 2.56. The van der Waals surface area contributed by atoms with E-state index in [1.165, 1.54) is 385 Å². The Bertz CT molecular complexity index is 918. The van der Waals surface area contributed by atoms with E-state index in [4.69, 9.17) is 14.2 Å². The van der Waals surface area contributed by atoms with Crippen LogP contribution in [0.4, 0.5) is 0 Å². The van der Waals surface area contributed by atoms with Crippen LogP contribution in [0.25, 0.3) is 0 Å². The van der Waals surface area contributed by atoms with E-state index in [2.05, 4.69) is 27.7 Å². The Morgan fingerprint density at radius 2 is 0.342 bits per heavy atom. The van der Waals surface area contributed by atoms with E-state index in [-0.39, 0.29) is 11.2 Å². The highest BCUT2D eigenvalue weighted by molar-refractivity contribution is 5.04. The molecule has 2 unspecified atom stereocenters. The lowest BCUT2D eigenvalue weighted by atomic mass is 9.81. The fourth-order valence-corrected chi connectivity index (χ4v) is 12.8. The van der Waals surface area contributed by atoms with Crippen LogP contribution in [0.5, 0.6) is 0 Å². The molecule has 3 heteroatoms. The van der Waals surface area contributed by atoms with Gasteiger partial charge in [-0.3, -0.25) is 0 Å². The van der Waals surface area contributed by atoms with Crippen molar-refractivity contribution in [3.63, 3.8) is 0 Å². The van der Waals surface area contributed by atoms with Crippen LogP contribution < -0.4 is 0 Å². The van der Waals surface area contributed by atoms with Gasteiger partial charge in [-0.2, -0.15) is 0 Å². The standard InChI is InChI=1S/C70H138O3/c1-5-9-13-17-21-25-29-33-37-41-45-49-53-57-61-69(67-65-71-67,62-58-54-50-46-42-38-34-30-26-22-18-14-10-6-2)73-70(68-66-72-68,63-59-55-51-47-43-39-35-31-27-23-19-15-11-7-3)64-60-56-52-48-44-40-36-32-28-24-20-16-12-8-4/h67-68H,5-66H2,1-4H3. The van der Waals surface area contributed by atoms with E-state index in [0.29, 0.717) is 12.2 Å². The summed E-state index contributed by atoms with van der Waals surface area (Å²) >= 11 is 0. The van der Waals surface area contributed by atoms with E-state index in [1.807, 2.05) is 0 Å². The lowest BCUT2D eigenvalue weighted by Crippen LogP contribution is -2.51. The SMILES string of the molecule is CCCCCCCCCCCCCCCCC(CCCCCCCCCCCCCCCC)(OC(CCCCCCCCCCCCCCCC)(CCCCCCCCCCCCCCCC)C1CO1)C1CO1. The second-order valence-corrected chi connectivity index (χ2v) is 25.3. The first kappa shape index (κ1) is 69.0. The molecular formula is C70H138O3. The van der Waals surface area contributed by atoms with Crippen molar-refractivity contribution < 1.29 is 14.2 Å². The first-order valence-corrected chi connectivity index (χ1v) is 35.1. The van der Waals surface area contributed by atoms with E-state index in [0.717, 1.165) is 13.2 Å². The Balaban J connectivity index is 1.99. The summed E-state index contributed by atoms with van der Waals surface area (Å²) in [6.45, 7) is 11.1. The van der Waals surface area contributed by atoms with Gasteiger partial charge in [0.25, 0.3) is 0 Å². The maximum absolute atomic E-state index is 8.08. The molecule has 73 heavy (non-hydrogen) atoms. The number of hydrogen-bond donors (Lipinski definition) is 0. The summed E-state index contributed by atoms with van der Waals surface area (Å²) in [4.78, 5) is 0. The topological polar surface area (TPSA) is 34.3 Å².